The molecular weight excluding hydrogens is 274 g/mol. The lowest BCUT2D eigenvalue weighted by atomic mass is 10.1. The second-order valence-electron chi connectivity index (χ2n) is 5.43. The van der Waals surface area contributed by atoms with E-state index in [1.54, 1.807) is 0 Å². The Morgan fingerprint density at radius 1 is 1.09 bits per heavy atom. The smallest absolute Gasteiger partial charge is 0.214 e. The van der Waals surface area contributed by atoms with Crippen LogP contribution in [0.4, 0.5) is 0 Å². The Morgan fingerprint density at radius 3 is 2.77 bits per heavy atom. The SMILES string of the molecule is CCCCOC1=CC2=CC(OCc3ccccc3)=NC2=CC1. The molecule has 0 unspecified atom stereocenters. The van der Waals surface area contributed by atoms with Crippen molar-refractivity contribution in [2.45, 2.75) is 32.8 Å². The van der Waals surface area contributed by atoms with Gasteiger partial charge in [-0.1, -0.05) is 49.8 Å². The fourth-order valence-electron chi connectivity index (χ4n) is 2.38. The lowest BCUT2D eigenvalue weighted by Gasteiger charge is -2.13. The Hall–Kier alpha value is -2.29. The minimum atomic E-state index is 0.542. The van der Waals surface area contributed by atoms with Gasteiger partial charge in [0.1, 0.15) is 12.4 Å². The summed E-state index contributed by atoms with van der Waals surface area (Å²) in [5, 5.41) is 0. The van der Waals surface area contributed by atoms with Crippen molar-refractivity contribution in [1.29, 1.82) is 0 Å². The number of allylic oxidation sites excluding steroid dienone is 2. The first-order valence-corrected chi connectivity index (χ1v) is 7.86. The van der Waals surface area contributed by atoms with E-state index in [0.717, 1.165) is 48.5 Å². The predicted octanol–water partition coefficient (Wildman–Crippen LogP) is 4.53. The molecule has 2 aliphatic rings. The van der Waals surface area contributed by atoms with E-state index in [-0.39, 0.29) is 0 Å². The molecule has 1 heterocycles. The zero-order valence-corrected chi connectivity index (χ0v) is 12.9. The summed E-state index contributed by atoms with van der Waals surface area (Å²) in [6, 6.07) is 10.1. The Kier molecular flexibility index (Phi) is 4.74. The van der Waals surface area contributed by atoms with Crippen LogP contribution in [0.25, 0.3) is 0 Å². The van der Waals surface area contributed by atoms with Gasteiger partial charge in [0.25, 0.3) is 0 Å². The molecule has 1 aromatic carbocycles. The number of unbranched alkanes of at least 4 members (excludes halogenated alkanes) is 1. The standard InChI is InChI=1S/C19H21NO2/c1-2-3-11-21-17-9-10-18-16(12-17)13-19(20-18)22-14-15-7-5-4-6-8-15/h4-8,10,12-13H,2-3,9,11,14H2,1H3. The molecule has 0 spiro atoms. The summed E-state index contributed by atoms with van der Waals surface area (Å²) >= 11 is 0. The number of nitrogens with zero attached hydrogens (tertiary/aromatic N) is 1. The van der Waals surface area contributed by atoms with Crippen LogP contribution in [0, 0.1) is 0 Å². The van der Waals surface area contributed by atoms with Crippen LogP contribution in [0.1, 0.15) is 31.7 Å². The minimum absolute atomic E-state index is 0.542. The summed E-state index contributed by atoms with van der Waals surface area (Å²) in [4.78, 5) is 4.52. The number of hydrogen-bond acceptors (Lipinski definition) is 3. The molecule has 3 nitrogen and oxygen atoms in total. The second-order valence-corrected chi connectivity index (χ2v) is 5.43. The van der Waals surface area contributed by atoms with Crippen molar-refractivity contribution in [3.8, 4) is 0 Å². The van der Waals surface area contributed by atoms with Crippen molar-refractivity contribution in [3.05, 3.63) is 71.2 Å². The molecule has 0 aromatic heterocycles. The molecule has 0 N–H and O–H groups in total. The van der Waals surface area contributed by atoms with Crippen LogP contribution in [0.15, 0.2) is 70.6 Å². The molecule has 22 heavy (non-hydrogen) atoms. The van der Waals surface area contributed by atoms with E-state index in [2.05, 4.69) is 36.2 Å². The van der Waals surface area contributed by atoms with E-state index in [0.29, 0.717) is 12.5 Å². The Labute approximate surface area is 131 Å². The molecule has 0 radical (unpaired) electrons. The average Bonchev–Trinajstić information content (AvgIpc) is 2.96. The zero-order chi connectivity index (χ0) is 15.2. The van der Waals surface area contributed by atoms with Gasteiger partial charge in [0, 0.05) is 18.1 Å². The third-order valence-corrected chi connectivity index (χ3v) is 3.63. The molecule has 1 aliphatic heterocycles. The number of ether oxygens (including phenoxy) is 2. The quantitative estimate of drug-likeness (QED) is 0.722. The molecule has 1 aromatic rings. The van der Waals surface area contributed by atoms with Gasteiger partial charge in [-0.3, -0.25) is 0 Å². The van der Waals surface area contributed by atoms with Crippen molar-refractivity contribution in [2.75, 3.05) is 6.61 Å². The van der Waals surface area contributed by atoms with E-state index in [9.17, 15) is 0 Å². The third kappa shape index (κ3) is 3.67. The molecule has 0 bridgehead atoms. The van der Waals surface area contributed by atoms with Gasteiger partial charge < -0.3 is 9.47 Å². The lowest BCUT2D eigenvalue weighted by molar-refractivity contribution is 0.202. The van der Waals surface area contributed by atoms with Crippen molar-refractivity contribution >= 4 is 5.90 Å². The molecule has 114 valence electrons. The highest BCUT2D eigenvalue weighted by Crippen LogP contribution is 2.29. The number of hydrogen-bond donors (Lipinski definition) is 0. The van der Waals surface area contributed by atoms with Gasteiger partial charge >= 0.3 is 0 Å². The van der Waals surface area contributed by atoms with Crippen LogP contribution in [-0.2, 0) is 16.1 Å². The maximum atomic E-state index is 5.78. The van der Waals surface area contributed by atoms with Gasteiger partial charge in [0.15, 0.2) is 0 Å². The van der Waals surface area contributed by atoms with Crippen LogP contribution in [0.3, 0.4) is 0 Å². The fraction of sp³-hybridized carbons (Fsp3) is 0.316. The molecule has 3 rings (SSSR count). The van der Waals surface area contributed by atoms with Gasteiger partial charge in [0.2, 0.25) is 5.90 Å². The number of benzene rings is 1. The molecule has 0 fully saturated rings. The summed E-state index contributed by atoms with van der Waals surface area (Å²) in [5.74, 6) is 1.69. The van der Waals surface area contributed by atoms with Crippen LogP contribution in [-0.4, -0.2) is 12.5 Å². The molecular formula is C19H21NO2. The van der Waals surface area contributed by atoms with E-state index in [1.807, 2.05) is 24.3 Å². The van der Waals surface area contributed by atoms with Crippen molar-refractivity contribution in [3.63, 3.8) is 0 Å². The average molecular weight is 295 g/mol. The van der Waals surface area contributed by atoms with Gasteiger partial charge in [-0.15, -0.1) is 0 Å². The van der Waals surface area contributed by atoms with Gasteiger partial charge in [-0.25, -0.2) is 4.99 Å². The summed E-state index contributed by atoms with van der Waals surface area (Å²) in [7, 11) is 0. The van der Waals surface area contributed by atoms with Crippen LogP contribution in [0.5, 0.6) is 0 Å². The minimum Gasteiger partial charge on any atom is -0.498 e. The highest BCUT2D eigenvalue weighted by atomic mass is 16.5. The van der Waals surface area contributed by atoms with Crippen molar-refractivity contribution < 1.29 is 9.47 Å². The first kappa shape index (κ1) is 14.6. The Bertz CT molecular complexity index is 639. The van der Waals surface area contributed by atoms with E-state index in [4.69, 9.17) is 9.47 Å². The maximum absolute atomic E-state index is 5.78. The highest BCUT2D eigenvalue weighted by Gasteiger charge is 2.18. The van der Waals surface area contributed by atoms with Gasteiger partial charge in [0.05, 0.1) is 12.3 Å². The number of rotatable bonds is 6. The summed E-state index contributed by atoms with van der Waals surface area (Å²) in [5.41, 5.74) is 3.22. The highest BCUT2D eigenvalue weighted by molar-refractivity contribution is 5.94. The number of fused-ring (bicyclic) bond motifs is 1. The van der Waals surface area contributed by atoms with Crippen molar-refractivity contribution in [2.24, 2.45) is 4.99 Å². The molecule has 0 saturated heterocycles. The Balaban J connectivity index is 1.58. The van der Waals surface area contributed by atoms with Crippen molar-refractivity contribution in [1.82, 2.24) is 0 Å². The topological polar surface area (TPSA) is 30.8 Å². The van der Waals surface area contributed by atoms with Crippen LogP contribution < -0.4 is 0 Å². The summed E-state index contributed by atoms with van der Waals surface area (Å²) in [6.45, 7) is 3.50. The molecule has 3 heteroatoms. The Morgan fingerprint density at radius 2 is 1.95 bits per heavy atom. The van der Waals surface area contributed by atoms with Gasteiger partial charge in [-0.2, -0.15) is 0 Å². The first-order chi connectivity index (χ1) is 10.8. The maximum Gasteiger partial charge on any atom is 0.214 e. The van der Waals surface area contributed by atoms with E-state index in [1.165, 1.54) is 0 Å². The molecule has 0 amide bonds. The second kappa shape index (κ2) is 7.12. The summed E-state index contributed by atoms with van der Waals surface area (Å²) in [6.07, 6.45) is 9.22. The monoisotopic (exact) mass is 295 g/mol. The predicted molar refractivity (Wildman–Crippen MR) is 88.4 cm³/mol. The largest absolute Gasteiger partial charge is 0.498 e. The first-order valence-electron chi connectivity index (χ1n) is 7.86. The summed E-state index contributed by atoms with van der Waals surface area (Å²) < 4.78 is 11.6. The van der Waals surface area contributed by atoms with Gasteiger partial charge in [-0.05, 0) is 18.1 Å². The molecule has 0 saturated carbocycles. The van der Waals surface area contributed by atoms with E-state index < -0.39 is 0 Å². The zero-order valence-electron chi connectivity index (χ0n) is 12.9. The lowest BCUT2D eigenvalue weighted by Crippen LogP contribution is -1.99. The third-order valence-electron chi connectivity index (χ3n) is 3.63. The van der Waals surface area contributed by atoms with Crippen LogP contribution in [0.2, 0.25) is 0 Å². The molecule has 1 aliphatic carbocycles. The number of aliphatic imine (C=N–C) groups is 1. The normalized spacial score (nSPS) is 16.2. The van der Waals surface area contributed by atoms with Crippen LogP contribution >= 0.6 is 0 Å². The molecule has 0 atom stereocenters. The van der Waals surface area contributed by atoms with E-state index >= 15 is 0 Å². The fourth-order valence-corrected chi connectivity index (χ4v) is 2.38.